The Morgan fingerprint density at radius 2 is 1.81 bits per heavy atom. The molecular formula is C16H29N3O2. The smallest absolute Gasteiger partial charge is 0.119 e. The lowest BCUT2D eigenvalue weighted by atomic mass is 10.3. The van der Waals surface area contributed by atoms with E-state index in [1.165, 1.54) is 0 Å². The molecule has 1 aromatic rings. The van der Waals surface area contributed by atoms with Crippen LogP contribution in [0.3, 0.4) is 0 Å². The van der Waals surface area contributed by atoms with E-state index in [1.807, 2.05) is 12.1 Å². The molecule has 0 aliphatic heterocycles. The fourth-order valence-electron chi connectivity index (χ4n) is 2.06. The highest BCUT2D eigenvalue weighted by atomic mass is 16.5. The Hall–Kier alpha value is -1.30. The number of hydrogen-bond donors (Lipinski definition) is 2. The van der Waals surface area contributed by atoms with Gasteiger partial charge < -0.3 is 20.5 Å². The van der Waals surface area contributed by atoms with Crippen molar-refractivity contribution in [3.05, 3.63) is 24.3 Å². The molecule has 1 unspecified atom stereocenters. The number of benzene rings is 1. The molecule has 1 atom stereocenters. The first-order valence-corrected chi connectivity index (χ1v) is 7.54. The van der Waals surface area contributed by atoms with Gasteiger partial charge in [0.2, 0.25) is 0 Å². The normalized spacial score (nSPS) is 12.9. The number of nitrogen functional groups attached to an aromatic ring is 1. The third-order valence-electron chi connectivity index (χ3n) is 3.19. The first-order chi connectivity index (χ1) is 10.0. The topological polar surface area (TPSA) is 62.0 Å². The molecule has 0 saturated carbocycles. The molecule has 0 fully saturated rings. The lowest BCUT2D eigenvalue weighted by molar-refractivity contribution is 0.0660. The van der Waals surface area contributed by atoms with Gasteiger partial charge >= 0.3 is 0 Å². The Kier molecular flexibility index (Phi) is 8.12. The Bertz CT molecular complexity index is 382. The number of anilines is 1. The zero-order chi connectivity index (χ0) is 15.7. The number of likely N-dealkylation sites (N-methyl/N-ethyl adjacent to an activating group) is 1. The zero-order valence-electron chi connectivity index (χ0n) is 13.5. The average Bonchev–Trinajstić information content (AvgIpc) is 2.44. The van der Waals surface area contributed by atoms with E-state index in [0.29, 0.717) is 18.8 Å². The van der Waals surface area contributed by atoms with Crippen LogP contribution in [0.1, 0.15) is 13.3 Å². The highest BCUT2D eigenvalue weighted by Crippen LogP contribution is 2.13. The van der Waals surface area contributed by atoms with Crippen molar-refractivity contribution in [3.8, 4) is 5.75 Å². The third kappa shape index (κ3) is 7.90. The van der Waals surface area contributed by atoms with Crippen molar-refractivity contribution < 1.29 is 9.84 Å². The molecule has 0 aliphatic carbocycles. The molecule has 0 heterocycles. The van der Waals surface area contributed by atoms with Gasteiger partial charge in [-0.3, -0.25) is 4.90 Å². The van der Waals surface area contributed by atoms with Crippen LogP contribution in [0.4, 0.5) is 5.69 Å². The van der Waals surface area contributed by atoms with E-state index in [2.05, 4.69) is 30.8 Å². The van der Waals surface area contributed by atoms with E-state index in [4.69, 9.17) is 10.5 Å². The molecule has 0 bridgehead atoms. The molecule has 1 aromatic carbocycles. The number of nitrogens with zero attached hydrogens (tertiary/aromatic N) is 2. The molecule has 120 valence electrons. The number of nitrogens with two attached hydrogens (primary N) is 1. The summed E-state index contributed by atoms with van der Waals surface area (Å²) in [5, 5.41) is 10.1. The Morgan fingerprint density at radius 3 is 2.38 bits per heavy atom. The Balaban J connectivity index is 2.34. The van der Waals surface area contributed by atoms with Crippen molar-refractivity contribution in [2.24, 2.45) is 0 Å². The summed E-state index contributed by atoms with van der Waals surface area (Å²) in [6.45, 7) is 6.03. The predicted molar refractivity (Wildman–Crippen MR) is 87.6 cm³/mol. The summed E-state index contributed by atoms with van der Waals surface area (Å²) in [7, 11) is 4.12. The van der Waals surface area contributed by atoms with Crippen LogP contribution >= 0.6 is 0 Å². The van der Waals surface area contributed by atoms with Crippen LogP contribution in [0.5, 0.6) is 5.75 Å². The fourth-order valence-corrected chi connectivity index (χ4v) is 2.06. The lowest BCUT2D eigenvalue weighted by Gasteiger charge is -2.26. The first kappa shape index (κ1) is 17.8. The van der Waals surface area contributed by atoms with Gasteiger partial charge in [0.1, 0.15) is 18.5 Å². The van der Waals surface area contributed by atoms with Crippen molar-refractivity contribution in [2.75, 3.05) is 52.6 Å². The van der Waals surface area contributed by atoms with Gasteiger partial charge in [0.25, 0.3) is 0 Å². The molecule has 0 spiro atoms. The summed E-state index contributed by atoms with van der Waals surface area (Å²) >= 11 is 0. The molecular weight excluding hydrogens is 266 g/mol. The largest absolute Gasteiger partial charge is 0.491 e. The van der Waals surface area contributed by atoms with Gasteiger partial charge in [0, 0.05) is 25.3 Å². The van der Waals surface area contributed by atoms with Crippen LogP contribution in [0.2, 0.25) is 0 Å². The summed E-state index contributed by atoms with van der Waals surface area (Å²) in [5.74, 6) is 0.735. The van der Waals surface area contributed by atoms with Crippen molar-refractivity contribution in [3.63, 3.8) is 0 Å². The van der Waals surface area contributed by atoms with Crippen LogP contribution in [-0.2, 0) is 0 Å². The van der Waals surface area contributed by atoms with E-state index >= 15 is 0 Å². The van der Waals surface area contributed by atoms with Gasteiger partial charge in [-0.2, -0.15) is 0 Å². The summed E-state index contributed by atoms with van der Waals surface area (Å²) in [6, 6.07) is 7.22. The summed E-state index contributed by atoms with van der Waals surface area (Å²) < 4.78 is 5.58. The van der Waals surface area contributed by atoms with Crippen molar-refractivity contribution >= 4 is 5.69 Å². The molecule has 5 nitrogen and oxygen atoms in total. The summed E-state index contributed by atoms with van der Waals surface area (Å²) in [4.78, 5) is 4.43. The molecule has 3 N–H and O–H groups in total. The van der Waals surface area contributed by atoms with Crippen molar-refractivity contribution in [2.45, 2.75) is 19.4 Å². The Morgan fingerprint density at radius 1 is 1.14 bits per heavy atom. The quantitative estimate of drug-likeness (QED) is 0.637. The second-order valence-electron chi connectivity index (χ2n) is 5.64. The summed E-state index contributed by atoms with van der Waals surface area (Å²) in [6.07, 6.45) is 0.593. The maximum absolute atomic E-state index is 10.1. The van der Waals surface area contributed by atoms with Crippen LogP contribution < -0.4 is 10.5 Å². The van der Waals surface area contributed by atoms with Crippen LogP contribution in [0.25, 0.3) is 0 Å². The van der Waals surface area contributed by atoms with E-state index in [-0.39, 0.29) is 0 Å². The maximum atomic E-state index is 10.1. The minimum absolute atomic E-state index is 0.298. The highest BCUT2D eigenvalue weighted by molar-refractivity contribution is 5.41. The van der Waals surface area contributed by atoms with Gasteiger partial charge in [0.15, 0.2) is 0 Å². The highest BCUT2D eigenvalue weighted by Gasteiger charge is 2.12. The van der Waals surface area contributed by atoms with Gasteiger partial charge in [-0.15, -0.1) is 0 Å². The van der Waals surface area contributed by atoms with Crippen LogP contribution in [-0.4, -0.2) is 67.9 Å². The van der Waals surface area contributed by atoms with Crippen molar-refractivity contribution in [1.82, 2.24) is 9.80 Å². The fraction of sp³-hybridized carbons (Fsp3) is 0.625. The number of hydrogen-bond acceptors (Lipinski definition) is 5. The second kappa shape index (κ2) is 9.60. The molecule has 0 aromatic heterocycles. The van der Waals surface area contributed by atoms with Crippen molar-refractivity contribution in [1.29, 1.82) is 0 Å². The first-order valence-electron chi connectivity index (χ1n) is 7.54. The number of ether oxygens (including phenoxy) is 1. The van der Waals surface area contributed by atoms with Gasteiger partial charge in [-0.25, -0.2) is 0 Å². The number of rotatable bonds is 10. The third-order valence-corrected chi connectivity index (χ3v) is 3.19. The van der Waals surface area contributed by atoms with E-state index in [0.717, 1.165) is 31.8 Å². The second-order valence-corrected chi connectivity index (χ2v) is 5.64. The summed E-state index contributed by atoms with van der Waals surface area (Å²) in [5.41, 5.74) is 6.33. The molecule has 0 aliphatic rings. The molecule has 21 heavy (non-hydrogen) atoms. The molecule has 1 rings (SSSR count). The van der Waals surface area contributed by atoms with Gasteiger partial charge in [-0.05, 0) is 51.3 Å². The van der Waals surface area contributed by atoms with Crippen LogP contribution in [0.15, 0.2) is 24.3 Å². The molecule has 0 amide bonds. The van der Waals surface area contributed by atoms with E-state index < -0.39 is 6.10 Å². The standard InChI is InChI=1S/C16H29N3O2/c1-4-9-19(11-10-18(2)3)12-15(20)13-21-16-7-5-14(17)6-8-16/h5-8,15,20H,4,9-13,17H2,1-3H3. The molecule has 0 saturated heterocycles. The zero-order valence-corrected chi connectivity index (χ0v) is 13.5. The Labute approximate surface area is 128 Å². The van der Waals surface area contributed by atoms with Gasteiger partial charge in [-0.1, -0.05) is 6.92 Å². The van der Waals surface area contributed by atoms with E-state index in [1.54, 1.807) is 12.1 Å². The number of aliphatic hydroxyl groups excluding tert-OH is 1. The average molecular weight is 295 g/mol. The minimum Gasteiger partial charge on any atom is -0.491 e. The minimum atomic E-state index is -0.490. The lowest BCUT2D eigenvalue weighted by Crippen LogP contribution is -2.39. The van der Waals surface area contributed by atoms with Crippen LogP contribution in [0, 0.1) is 0 Å². The maximum Gasteiger partial charge on any atom is 0.119 e. The predicted octanol–water partition coefficient (Wildman–Crippen LogP) is 1.28. The number of aliphatic hydroxyl groups is 1. The van der Waals surface area contributed by atoms with Gasteiger partial charge in [0.05, 0.1) is 0 Å². The molecule has 5 heteroatoms. The SMILES string of the molecule is CCCN(CCN(C)C)CC(O)COc1ccc(N)cc1. The monoisotopic (exact) mass is 295 g/mol. The molecule has 0 radical (unpaired) electrons. The van der Waals surface area contributed by atoms with E-state index in [9.17, 15) is 5.11 Å².